The lowest BCUT2D eigenvalue weighted by atomic mass is 10.1. The lowest BCUT2D eigenvalue weighted by Gasteiger charge is -2.27. The fraction of sp³-hybridized carbons (Fsp3) is 0.381. The number of pyridine rings is 1. The van der Waals surface area contributed by atoms with Crippen molar-refractivity contribution >= 4 is 23.3 Å². The molecule has 0 radical (unpaired) electrons. The molecule has 0 unspecified atom stereocenters. The fourth-order valence-electron chi connectivity index (χ4n) is 3.56. The quantitative estimate of drug-likeness (QED) is 0.882. The van der Waals surface area contributed by atoms with Crippen molar-refractivity contribution < 1.29 is 14.3 Å². The van der Waals surface area contributed by atoms with Crippen molar-refractivity contribution in [2.45, 2.75) is 12.8 Å². The summed E-state index contributed by atoms with van der Waals surface area (Å²) in [6, 6.07) is 10.6. The zero-order valence-electron chi connectivity index (χ0n) is 15.8. The van der Waals surface area contributed by atoms with Crippen LogP contribution in [0.3, 0.4) is 0 Å². The summed E-state index contributed by atoms with van der Waals surface area (Å²) in [5.74, 6) is 0.583. The second-order valence-corrected chi connectivity index (χ2v) is 7.04. The molecule has 0 bridgehead atoms. The maximum absolute atomic E-state index is 12.7. The molecule has 0 spiro atoms. The summed E-state index contributed by atoms with van der Waals surface area (Å²) in [6.07, 6.45) is 3.98. The minimum Gasteiger partial charge on any atom is -0.378 e. The highest BCUT2D eigenvalue weighted by Crippen LogP contribution is 2.20. The van der Waals surface area contributed by atoms with Crippen molar-refractivity contribution in [3.05, 3.63) is 53.7 Å². The van der Waals surface area contributed by atoms with Crippen LogP contribution in [-0.2, 0) is 4.74 Å². The van der Waals surface area contributed by atoms with Crippen molar-refractivity contribution in [1.29, 1.82) is 0 Å². The first-order chi connectivity index (χ1) is 13.7. The number of nitrogens with zero attached hydrogens (tertiary/aromatic N) is 3. The topological polar surface area (TPSA) is 74.8 Å². The van der Waals surface area contributed by atoms with E-state index in [9.17, 15) is 9.59 Å². The summed E-state index contributed by atoms with van der Waals surface area (Å²) in [5.41, 5.74) is 1.72. The number of anilines is 2. The average molecular weight is 380 g/mol. The van der Waals surface area contributed by atoms with E-state index in [1.807, 2.05) is 6.07 Å². The lowest BCUT2D eigenvalue weighted by Crippen LogP contribution is -2.40. The van der Waals surface area contributed by atoms with E-state index in [2.05, 4.69) is 15.2 Å². The fourth-order valence-corrected chi connectivity index (χ4v) is 3.56. The van der Waals surface area contributed by atoms with Crippen LogP contribution in [0.2, 0.25) is 0 Å². The Labute approximate surface area is 164 Å². The molecule has 2 aromatic rings. The van der Waals surface area contributed by atoms with Crippen LogP contribution in [-0.4, -0.2) is 61.1 Å². The molecule has 1 N–H and O–H groups in total. The monoisotopic (exact) mass is 380 g/mol. The number of benzene rings is 1. The van der Waals surface area contributed by atoms with Gasteiger partial charge in [0.05, 0.1) is 13.2 Å². The molecule has 7 nitrogen and oxygen atoms in total. The Morgan fingerprint density at radius 2 is 1.75 bits per heavy atom. The van der Waals surface area contributed by atoms with E-state index in [4.69, 9.17) is 4.74 Å². The van der Waals surface area contributed by atoms with E-state index in [0.717, 1.165) is 31.7 Å². The van der Waals surface area contributed by atoms with Crippen molar-refractivity contribution in [1.82, 2.24) is 9.88 Å². The smallest absolute Gasteiger partial charge is 0.255 e. The first kappa shape index (κ1) is 18.4. The van der Waals surface area contributed by atoms with E-state index in [0.29, 0.717) is 43.1 Å². The van der Waals surface area contributed by atoms with Crippen LogP contribution in [0.25, 0.3) is 0 Å². The molecule has 4 rings (SSSR count). The average Bonchev–Trinajstić information content (AvgIpc) is 3.29. The van der Waals surface area contributed by atoms with E-state index < -0.39 is 0 Å². The van der Waals surface area contributed by atoms with Crippen LogP contribution >= 0.6 is 0 Å². The Balaban J connectivity index is 1.46. The number of carbonyl (C=O) groups is 2. The Bertz CT molecular complexity index is 858. The first-order valence-electron chi connectivity index (χ1n) is 9.70. The zero-order valence-corrected chi connectivity index (χ0v) is 15.8. The summed E-state index contributed by atoms with van der Waals surface area (Å²) in [7, 11) is 0. The second kappa shape index (κ2) is 8.39. The van der Waals surface area contributed by atoms with E-state index in [-0.39, 0.29) is 11.8 Å². The van der Waals surface area contributed by atoms with Gasteiger partial charge in [0.15, 0.2) is 0 Å². The molecule has 3 heterocycles. The Morgan fingerprint density at radius 1 is 0.964 bits per heavy atom. The summed E-state index contributed by atoms with van der Waals surface area (Å²) in [6.45, 7) is 4.25. The SMILES string of the molecule is O=C(Nc1cccc(C(=O)N2CCOCC2)c1)c1ccnc(N2CCCC2)c1. The molecule has 2 aliphatic rings. The second-order valence-electron chi connectivity index (χ2n) is 7.04. The van der Waals surface area contributed by atoms with Crippen LogP contribution in [0.5, 0.6) is 0 Å². The number of rotatable bonds is 4. The van der Waals surface area contributed by atoms with Gasteiger partial charge in [-0.05, 0) is 43.2 Å². The van der Waals surface area contributed by atoms with Crippen LogP contribution < -0.4 is 10.2 Å². The predicted octanol–water partition coefficient (Wildman–Crippen LogP) is 2.41. The molecule has 2 aliphatic heterocycles. The van der Waals surface area contributed by atoms with Gasteiger partial charge in [0.25, 0.3) is 11.8 Å². The number of hydrogen-bond donors (Lipinski definition) is 1. The maximum atomic E-state index is 12.7. The van der Waals surface area contributed by atoms with E-state index in [1.54, 1.807) is 41.4 Å². The summed E-state index contributed by atoms with van der Waals surface area (Å²) in [5, 5.41) is 2.89. The molecule has 2 amide bonds. The third-order valence-corrected chi connectivity index (χ3v) is 5.10. The van der Waals surface area contributed by atoms with Gasteiger partial charge in [0.2, 0.25) is 0 Å². The number of ether oxygens (including phenoxy) is 1. The Hall–Kier alpha value is -2.93. The van der Waals surface area contributed by atoms with Gasteiger partial charge in [0.1, 0.15) is 5.82 Å². The van der Waals surface area contributed by atoms with Gasteiger partial charge in [-0.25, -0.2) is 4.98 Å². The van der Waals surface area contributed by atoms with Gasteiger partial charge >= 0.3 is 0 Å². The van der Waals surface area contributed by atoms with Gasteiger partial charge < -0.3 is 19.9 Å². The molecule has 1 aromatic carbocycles. The summed E-state index contributed by atoms with van der Waals surface area (Å²) >= 11 is 0. The van der Waals surface area contributed by atoms with Crippen LogP contribution in [0.1, 0.15) is 33.6 Å². The molecular weight excluding hydrogens is 356 g/mol. The molecule has 146 valence electrons. The van der Waals surface area contributed by atoms with Gasteiger partial charge in [0, 0.05) is 49.2 Å². The Morgan fingerprint density at radius 3 is 2.54 bits per heavy atom. The number of amides is 2. The van der Waals surface area contributed by atoms with Crippen LogP contribution in [0.4, 0.5) is 11.5 Å². The number of hydrogen-bond acceptors (Lipinski definition) is 5. The molecular formula is C21H24N4O3. The molecule has 0 saturated carbocycles. The number of aromatic nitrogens is 1. The third kappa shape index (κ3) is 4.14. The highest BCUT2D eigenvalue weighted by molar-refractivity contribution is 6.05. The molecule has 0 atom stereocenters. The minimum absolute atomic E-state index is 0.0420. The molecule has 2 saturated heterocycles. The van der Waals surface area contributed by atoms with Crippen LogP contribution in [0, 0.1) is 0 Å². The van der Waals surface area contributed by atoms with E-state index >= 15 is 0 Å². The number of carbonyl (C=O) groups excluding carboxylic acids is 2. The van der Waals surface area contributed by atoms with Crippen molar-refractivity contribution in [3.63, 3.8) is 0 Å². The number of nitrogens with one attached hydrogen (secondary N) is 1. The van der Waals surface area contributed by atoms with Crippen LogP contribution in [0.15, 0.2) is 42.6 Å². The van der Waals surface area contributed by atoms with E-state index in [1.165, 1.54) is 0 Å². The zero-order chi connectivity index (χ0) is 19.3. The van der Waals surface area contributed by atoms with Crippen molar-refractivity contribution in [3.8, 4) is 0 Å². The normalized spacial score (nSPS) is 16.9. The Kier molecular flexibility index (Phi) is 5.53. The summed E-state index contributed by atoms with van der Waals surface area (Å²) in [4.78, 5) is 33.7. The highest BCUT2D eigenvalue weighted by atomic mass is 16.5. The summed E-state index contributed by atoms with van der Waals surface area (Å²) < 4.78 is 5.30. The van der Waals surface area contributed by atoms with Gasteiger partial charge in [-0.3, -0.25) is 9.59 Å². The molecule has 2 fully saturated rings. The highest BCUT2D eigenvalue weighted by Gasteiger charge is 2.19. The third-order valence-electron chi connectivity index (χ3n) is 5.10. The van der Waals surface area contributed by atoms with Gasteiger partial charge in [-0.15, -0.1) is 0 Å². The molecule has 0 aliphatic carbocycles. The number of morpholine rings is 1. The standard InChI is InChI=1S/C21H24N4O3/c26-20(16-6-7-22-19(15-16)24-8-1-2-9-24)23-18-5-3-4-17(14-18)21(27)25-10-12-28-13-11-25/h3-7,14-15H,1-2,8-13H2,(H,23,26). The predicted molar refractivity (Wildman–Crippen MR) is 107 cm³/mol. The molecule has 28 heavy (non-hydrogen) atoms. The largest absolute Gasteiger partial charge is 0.378 e. The molecule has 1 aromatic heterocycles. The lowest BCUT2D eigenvalue weighted by molar-refractivity contribution is 0.0303. The van der Waals surface area contributed by atoms with Gasteiger partial charge in [-0.1, -0.05) is 6.07 Å². The molecule has 7 heteroatoms. The van der Waals surface area contributed by atoms with Crippen molar-refractivity contribution in [2.24, 2.45) is 0 Å². The first-order valence-corrected chi connectivity index (χ1v) is 9.70. The van der Waals surface area contributed by atoms with Crippen molar-refractivity contribution in [2.75, 3.05) is 49.6 Å². The maximum Gasteiger partial charge on any atom is 0.255 e. The minimum atomic E-state index is -0.209. The van der Waals surface area contributed by atoms with Gasteiger partial charge in [-0.2, -0.15) is 0 Å².